The quantitative estimate of drug-likeness (QED) is 0.548. The van der Waals surface area contributed by atoms with Gasteiger partial charge in [-0.25, -0.2) is 0 Å². The van der Waals surface area contributed by atoms with Gasteiger partial charge in [-0.1, -0.05) is 23.7 Å². The summed E-state index contributed by atoms with van der Waals surface area (Å²) >= 11 is 0. The summed E-state index contributed by atoms with van der Waals surface area (Å²) in [5.74, 6) is 1.18. The van der Waals surface area contributed by atoms with E-state index in [1.54, 1.807) is 24.1 Å². The number of fused-ring (bicyclic) bond motifs is 1. The van der Waals surface area contributed by atoms with Gasteiger partial charge in [0.05, 0.1) is 6.26 Å². The number of nitrogens with zero attached hydrogens (tertiary/aromatic N) is 3. The summed E-state index contributed by atoms with van der Waals surface area (Å²) in [7, 11) is 1.72. The molecule has 4 aromatic rings. The molecule has 4 rings (SSSR count). The fourth-order valence-corrected chi connectivity index (χ4v) is 3.33. The SMILES string of the molecule is CCc1c(-c2nc(CCN(C)C(=O)c3ccco3)no2)[nH]c2ccc(C)cc12. The Hall–Kier alpha value is -3.35. The molecule has 0 aliphatic carbocycles. The van der Waals surface area contributed by atoms with Gasteiger partial charge >= 0.3 is 0 Å². The standard InChI is InChI=1S/C21H22N4O3/c1-4-14-15-12-13(2)7-8-16(15)22-19(14)20-23-18(24-28-20)9-10-25(3)21(26)17-6-5-11-27-17/h5-8,11-12,22H,4,9-10H2,1-3H3. The van der Waals surface area contributed by atoms with Gasteiger partial charge in [0.25, 0.3) is 11.8 Å². The molecule has 3 heterocycles. The first-order chi connectivity index (χ1) is 13.6. The van der Waals surface area contributed by atoms with Crippen LogP contribution in [-0.4, -0.2) is 39.5 Å². The molecule has 0 unspecified atom stereocenters. The van der Waals surface area contributed by atoms with Crippen LogP contribution in [0.4, 0.5) is 0 Å². The van der Waals surface area contributed by atoms with Crippen LogP contribution in [0.15, 0.2) is 45.5 Å². The van der Waals surface area contributed by atoms with Gasteiger partial charge in [0, 0.05) is 30.9 Å². The Morgan fingerprint density at radius 1 is 1.29 bits per heavy atom. The number of aromatic nitrogens is 3. The van der Waals surface area contributed by atoms with Gasteiger partial charge in [-0.2, -0.15) is 4.98 Å². The second-order valence-corrected chi connectivity index (χ2v) is 6.85. The highest BCUT2D eigenvalue weighted by Gasteiger charge is 2.19. The minimum absolute atomic E-state index is 0.173. The lowest BCUT2D eigenvalue weighted by Gasteiger charge is -2.14. The summed E-state index contributed by atoms with van der Waals surface area (Å²) < 4.78 is 10.7. The van der Waals surface area contributed by atoms with E-state index in [4.69, 9.17) is 8.94 Å². The number of hydrogen-bond donors (Lipinski definition) is 1. The molecule has 1 aromatic carbocycles. The third kappa shape index (κ3) is 3.31. The number of likely N-dealkylation sites (N-methyl/N-ethyl adjacent to an activating group) is 1. The van der Waals surface area contributed by atoms with Crippen molar-refractivity contribution in [3.8, 4) is 11.6 Å². The second-order valence-electron chi connectivity index (χ2n) is 6.85. The summed E-state index contributed by atoms with van der Waals surface area (Å²) in [6.07, 6.45) is 2.84. The number of furan rings is 1. The minimum Gasteiger partial charge on any atom is -0.459 e. The number of nitrogens with one attached hydrogen (secondary N) is 1. The zero-order valence-corrected chi connectivity index (χ0v) is 16.2. The predicted molar refractivity (Wildman–Crippen MR) is 105 cm³/mol. The van der Waals surface area contributed by atoms with Crippen molar-refractivity contribution < 1.29 is 13.7 Å². The van der Waals surface area contributed by atoms with Crippen molar-refractivity contribution in [2.45, 2.75) is 26.7 Å². The van der Waals surface area contributed by atoms with E-state index in [9.17, 15) is 4.79 Å². The van der Waals surface area contributed by atoms with Crippen LogP contribution in [0.5, 0.6) is 0 Å². The van der Waals surface area contributed by atoms with E-state index in [1.165, 1.54) is 22.8 Å². The largest absolute Gasteiger partial charge is 0.459 e. The van der Waals surface area contributed by atoms with E-state index in [-0.39, 0.29) is 5.91 Å². The molecule has 144 valence electrons. The summed E-state index contributed by atoms with van der Waals surface area (Å²) in [6, 6.07) is 9.66. The maximum Gasteiger partial charge on any atom is 0.289 e. The highest BCUT2D eigenvalue weighted by molar-refractivity contribution is 5.91. The molecule has 0 radical (unpaired) electrons. The molecule has 0 aliphatic rings. The molecule has 0 saturated carbocycles. The lowest BCUT2D eigenvalue weighted by atomic mass is 10.1. The van der Waals surface area contributed by atoms with Gasteiger partial charge in [-0.3, -0.25) is 4.79 Å². The van der Waals surface area contributed by atoms with Gasteiger partial charge in [-0.05, 0) is 43.2 Å². The highest BCUT2D eigenvalue weighted by Crippen LogP contribution is 2.30. The van der Waals surface area contributed by atoms with Crippen LogP contribution < -0.4 is 0 Å². The van der Waals surface area contributed by atoms with Gasteiger partial charge in [-0.15, -0.1) is 0 Å². The maximum absolute atomic E-state index is 12.2. The lowest BCUT2D eigenvalue weighted by Crippen LogP contribution is -2.28. The molecule has 0 spiro atoms. The third-order valence-corrected chi connectivity index (χ3v) is 4.85. The van der Waals surface area contributed by atoms with E-state index >= 15 is 0 Å². The summed E-state index contributed by atoms with van der Waals surface area (Å²) in [5.41, 5.74) is 4.30. The molecule has 1 amide bonds. The predicted octanol–water partition coefficient (Wildman–Crippen LogP) is 4.00. The summed E-state index contributed by atoms with van der Waals surface area (Å²) in [5, 5.41) is 5.26. The van der Waals surface area contributed by atoms with Crippen LogP contribution in [0.3, 0.4) is 0 Å². The Kier molecular flexibility index (Phi) is 4.73. The molecule has 0 bridgehead atoms. The van der Waals surface area contributed by atoms with Crippen molar-refractivity contribution in [1.29, 1.82) is 0 Å². The van der Waals surface area contributed by atoms with Crippen LogP contribution in [0.25, 0.3) is 22.5 Å². The Bertz CT molecular complexity index is 1110. The second kappa shape index (κ2) is 7.34. The third-order valence-electron chi connectivity index (χ3n) is 4.85. The van der Waals surface area contributed by atoms with Crippen LogP contribution in [0.1, 0.15) is 34.4 Å². The number of carbonyl (C=O) groups excluding carboxylic acids is 1. The molecule has 0 atom stereocenters. The zero-order valence-electron chi connectivity index (χ0n) is 16.2. The Morgan fingerprint density at radius 3 is 2.89 bits per heavy atom. The Balaban J connectivity index is 1.52. The van der Waals surface area contributed by atoms with Crippen molar-refractivity contribution >= 4 is 16.8 Å². The fourth-order valence-electron chi connectivity index (χ4n) is 3.33. The lowest BCUT2D eigenvalue weighted by molar-refractivity contribution is 0.0764. The Morgan fingerprint density at radius 2 is 2.14 bits per heavy atom. The molecule has 0 aliphatic heterocycles. The van der Waals surface area contributed by atoms with Crippen molar-refractivity contribution in [2.24, 2.45) is 0 Å². The number of benzene rings is 1. The van der Waals surface area contributed by atoms with Crippen molar-refractivity contribution in [3.63, 3.8) is 0 Å². The van der Waals surface area contributed by atoms with Crippen LogP contribution in [0, 0.1) is 6.92 Å². The molecule has 7 nitrogen and oxygen atoms in total. The topological polar surface area (TPSA) is 88.2 Å². The minimum atomic E-state index is -0.173. The van der Waals surface area contributed by atoms with Crippen LogP contribution in [-0.2, 0) is 12.8 Å². The summed E-state index contributed by atoms with van der Waals surface area (Å²) in [6.45, 7) is 4.66. The number of aryl methyl sites for hydroxylation is 2. The normalized spacial score (nSPS) is 11.2. The van der Waals surface area contributed by atoms with Crippen LogP contribution in [0.2, 0.25) is 0 Å². The molecule has 0 fully saturated rings. The van der Waals surface area contributed by atoms with Crippen molar-refractivity contribution in [2.75, 3.05) is 13.6 Å². The molecule has 28 heavy (non-hydrogen) atoms. The number of H-pyrrole nitrogens is 1. The number of aromatic amines is 1. The highest BCUT2D eigenvalue weighted by atomic mass is 16.5. The van der Waals surface area contributed by atoms with Crippen LogP contribution >= 0.6 is 0 Å². The van der Waals surface area contributed by atoms with Gasteiger partial charge in [0.2, 0.25) is 0 Å². The molecule has 1 N–H and O–H groups in total. The van der Waals surface area contributed by atoms with Crippen molar-refractivity contribution in [3.05, 3.63) is 59.3 Å². The maximum atomic E-state index is 12.2. The number of hydrogen-bond acceptors (Lipinski definition) is 5. The van der Waals surface area contributed by atoms with E-state index in [0.717, 1.165) is 17.6 Å². The van der Waals surface area contributed by atoms with Gasteiger partial charge in [0.1, 0.15) is 5.69 Å². The molecule has 3 aromatic heterocycles. The molecular weight excluding hydrogens is 356 g/mol. The Labute approximate surface area is 162 Å². The number of amides is 1. The number of rotatable bonds is 6. The monoisotopic (exact) mass is 378 g/mol. The van der Waals surface area contributed by atoms with Crippen molar-refractivity contribution in [1.82, 2.24) is 20.0 Å². The first-order valence-corrected chi connectivity index (χ1v) is 9.30. The van der Waals surface area contributed by atoms with E-state index in [0.29, 0.717) is 30.4 Å². The zero-order chi connectivity index (χ0) is 19.7. The smallest absolute Gasteiger partial charge is 0.289 e. The molecular formula is C21H22N4O3. The average molecular weight is 378 g/mol. The number of carbonyl (C=O) groups is 1. The first kappa shape index (κ1) is 18.0. The van der Waals surface area contributed by atoms with E-state index in [2.05, 4.69) is 47.2 Å². The van der Waals surface area contributed by atoms with E-state index < -0.39 is 0 Å². The molecule has 0 saturated heterocycles. The van der Waals surface area contributed by atoms with Gasteiger partial charge < -0.3 is 18.8 Å². The first-order valence-electron chi connectivity index (χ1n) is 9.30. The fraction of sp³-hybridized carbons (Fsp3) is 0.286. The average Bonchev–Trinajstić information content (AvgIpc) is 3.44. The van der Waals surface area contributed by atoms with E-state index in [1.807, 2.05) is 0 Å². The molecule has 7 heteroatoms. The van der Waals surface area contributed by atoms with Gasteiger partial charge in [0.15, 0.2) is 11.6 Å². The summed E-state index contributed by atoms with van der Waals surface area (Å²) in [4.78, 5) is 21.7.